The molecule has 3 aromatic heterocycles. The average molecular weight is 699 g/mol. The third-order valence-electron chi connectivity index (χ3n) is 5.60. The van der Waals surface area contributed by atoms with Crippen molar-refractivity contribution >= 4 is 0 Å². The van der Waals surface area contributed by atoms with Crippen molar-refractivity contribution in [2.24, 2.45) is 0 Å². The van der Waals surface area contributed by atoms with E-state index in [2.05, 4.69) is 49.1 Å². The number of rotatable bonds is 9. The molecular formula is C24H30Cl2N6O10Zn. The maximum absolute atomic E-state index is 8.49. The molecule has 19 heteroatoms. The first-order valence-electron chi connectivity index (χ1n) is 12.1. The van der Waals surface area contributed by atoms with E-state index in [1.165, 1.54) is 0 Å². The van der Waals surface area contributed by atoms with E-state index in [1.807, 2.05) is 55.0 Å². The van der Waals surface area contributed by atoms with Crippen molar-refractivity contribution in [3.8, 4) is 0 Å². The zero-order valence-corrected chi connectivity index (χ0v) is 27.3. The smallest absolute Gasteiger partial charge is 0.308 e. The monoisotopic (exact) mass is 696 g/mol. The van der Waals surface area contributed by atoms with Gasteiger partial charge in [0.15, 0.2) is 0 Å². The molecule has 4 rings (SSSR count). The number of nitrogens with one attached hydrogen (secondary N) is 3. The van der Waals surface area contributed by atoms with Gasteiger partial charge in [-0.05, 0) is 55.7 Å². The number of hydrogen-bond donors (Lipinski definition) is 3. The molecule has 0 unspecified atom stereocenters. The van der Waals surface area contributed by atoms with E-state index in [0.717, 1.165) is 56.0 Å². The largest absolute Gasteiger partial charge is 2.00 e. The van der Waals surface area contributed by atoms with E-state index in [0.29, 0.717) is 18.1 Å². The van der Waals surface area contributed by atoms with Gasteiger partial charge in [0, 0.05) is 66.3 Å². The van der Waals surface area contributed by atoms with Crippen molar-refractivity contribution in [2.45, 2.75) is 57.0 Å². The first-order valence-corrected chi connectivity index (χ1v) is 14.6. The zero-order chi connectivity index (χ0) is 31.4. The third-order valence-corrected chi connectivity index (χ3v) is 5.60. The first kappa shape index (κ1) is 40.8. The fraction of sp³-hybridized carbons (Fsp3) is 0.375. The molecule has 1 aliphatic carbocycles. The fourth-order valence-corrected chi connectivity index (χ4v) is 4.07. The molecule has 0 aliphatic heterocycles. The van der Waals surface area contributed by atoms with Gasteiger partial charge in [-0.3, -0.25) is 15.0 Å². The summed E-state index contributed by atoms with van der Waals surface area (Å²) in [5, 5.41) is 11.2. The molecule has 1 saturated carbocycles. The normalized spacial score (nSPS) is 17.8. The van der Waals surface area contributed by atoms with Crippen molar-refractivity contribution in [3.05, 3.63) is 100 Å². The number of pyridine rings is 3. The van der Waals surface area contributed by atoms with Crippen LogP contribution in [0.3, 0.4) is 0 Å². The van der Waals surface area contributed by atoms with Crippen LogP contribution in [0.4, 0.5) is 0 Å². The molecule has 0 saturated heterocycles. The summed E-state index contributed by atoms with van der Waals surface area (Å²) in [6.07, 6.45) is 8.86. The van der Waals surface area contributed by atoms with Crippen LogP contribution in [-0.4, -0.2) is 33.1 Å². The van der Waals surface area contributed by atoms with E-state index >= 15 is 0 Å². The van der Waals surface area contributed by atoms with Crippen LogP contribution in [0.25, 0.3) is 0 Å². The Morgan fingerprint density at radius 1 is 0.535 bits per heavy atom. The second kappa shape index (κ2) is 22.3. The summed E-state index contributed by atoms with van der Waals surface area (Å²) in [7, 11) is -9.89. The average Bonchev–Trinajstić information content (AvgIpc) is 2.95. The van der Waals surface area contributed by atoms with Crippen LogP contribution in [-0.2, 0) is 39.1 Å². The Morgan fingerprint density at radius 2 is 0.767 bits per heavy atom. The summed E-state index contributed by atoms with van der Waals surface area (Å²) in [4.78, 5) is 27.3. The van der Waals surface area contributed by atoms with E-state index in [4.69, 9.17) is 47.2 Å². The number of nitrogens with zero attached hydrogens (tertiary/aromatic N) is 3. The number of hydrogen-bond acceptors (Lipinski definition) is 16. The minimum atomic E-state index is -4.94. The third kappa shape index (κ3) is 23.9. The van der Waals surface area contributed by atoms with Crippen molar-refractivity contribution in [2.75, 3.05) is 0 Å². The van der Waals surface area contributed by atoms with Crippen molar-refractivity contribution in [3.63, 3.8) is 0 Å². The number of aromatic nitrogens is 3. The van der Waals surface area contributed by atoms with Crippen LogP contribution in [0.2, 0.25) is 0 Å². The Hall–Kier alpha value is -2.19. The molecule has 232 valence electrons. The SMILES string of the molecule is O=O.[O-][Cl+3]([O-])([O-])[O-].[O-][Cl+3]([O-])([O-])[O-].[Zn+2].c1ccc(CNC2CC(NCc3ccccn3)CC(NCc3ccccn3)C2)nc1. The molecule has 3 N–H and O–H groups in total. The summed E-state index contributed by atoms with van der Waals surface area (Å²) >= 11 is 0. The van der Waals surface area contributed by atoms with Crippen LogP contribution in [0.15, 0.2) is 73.2 Å². The zero-order valence-electron chi connectivity index (χ0n) is 22.8. The Labute approximate surface area is 264 Å². The van der Waals surface area contributed by atoms with Gasteiger partial charge >= 0.3 is 19.5 Å². The van der Waals surface area contributed by atoms with Gasteiger partial charge in [0.05, 0.1) is 17.1 Å². The fourth-order valence-electron chi connectivity index (χ4n) is 4.07. The van der Waals surface area contributed by atoms with Crippen LogP contribution < -0.4 is 53.2 Å². The summed E-state index contributed by atoms with van der Waals surface area (Å²) < 4.78 is 67.9. The van der Waals surface area contributed by atoms with Crippen molar-refractivity contribution in [1.29, 1.82) is 0 Å². The topological polar surface area (TPSA) is 293 Å². The molecule has 1 fully saturated rings. The quantitative estimate of drug-likeness (QED) is 0.175. The van der Waals surface area contributed by atoms with Crippen LogP contribution in [0.1, 0.15) is 36.3 Å². The Kier molecular flexibility index (Phi) is 21.2. The van der Waals surface area contributed by atoms with Gasteiger partial charge < -0.3 is 16.0 Å². The molecule has 0 spiro atoms. The molecule has 0 aromatic carbocycles. The molecule has 0 radical (unpaired) electrons. The molecule has 0 atom stereocenters. The summed E-state index contributed by atoms with van der Waals surface area (Å²) in [5.74, 6) is 0. The van der Waals surface area contributed by atoms with Crippen molar-refractivity contribution < 1.29 is 77.2 Å². The predicted octanol–water partition coefficient (Wildman–Crippen LogP) is -6.62. The molecule has 0 bridgehead atoms. The Balaban J connectivity index is 0.00000116. The standard InChI is InChI=1S/C24H30N6.2ClHO4.O2.Zn/c1-4-10-25-19(7-1)16-28-22-13-23(29-17-20-8-2-5-11-26-20)15-24(14-22)30-18-21-9-3-6-12-27-21;2*2-1(3,4)5;1-2;/h1-12,22-24,28-30H,13-18H2;2*(H,2,3,4,5);;/q;;;;+2/p-2. The minimum Gasteiger partial charge on any atom is -0.308 e. The Morgan fingerprint density at radius 3 is 0.953 bits per heavy atom. The van der Waals surface area contributed by atoms with Gasteiger partial charge in [0.25, 0.3) is 0 Å². The van der Waals surface area contributed by atoms with E-state index in [9.17, 15) is 0 Å². The van der Waals surface area contributed by atoms with E-state index in [-0.39, 0.29) is 19.5 Å². The van der Waals surface area contributed by atoms with Crippen LogP contribution >= 0.6 is 0 Å². The van der Waals surface area contributed by atoms with Gasteiger partial charge in [-0.15, -0.1) is 20.5 Å². The van der Waals surface area contributed by atoms with Gasteiger partial charge in [0.2, 0.25) is 0 Å². The summed E-state index contributed by atoms with van der Waals surface area (Å²) in [6, 6.07) is 19.5. The maximum atomic E-state index is 8.49. The van der Waals surface area contributed by atoms with Gasteiger partial charge in [-0.25, -0.2) is 37.3 Å². The van der Waals surface area contributed by atoms with Gasteiger partial charge in [-0.1, -0.05) is 18.2 Å². The summed E-state index contributed by atoms with van der Waals surface area (Å²) in [5.41, 5.74) is 3.25. The van der Waals surface area contributed by atoms with Crippen molar-refractivity contribution in [1.82, 2.24) is 30.9 Å². The maximum Gasteiger partial charge on any atom is 2.00 e. The molecule has 16 nitrogen and oxygen atoms in total. The molecule has 3 heterocycles. The molecular weight excluding hydrogens is 669 g/mol. The predicted molar refractivity (Wildman–Crippen MR) is 125 cm³/mol. The molecule has 0 amide bonds. The van der Waals surface area contributed by atoms with E-state index < -0.39 is 20.5 Å². The van der Waals surface area contributed by atoms with Gasteiger partial charge in [-0.2, -0.15) is 0 Å². The molecule has 1 aliphatic rings. The van der Waals surface area contributed by atoms with Gasteiger partial charge in [0.1, 0.15) is 0 Å². The molecule has 3 aromatic rings. The van der Waals surface area contributed by atoms with E-state index in [1.54, 1.807) is 0 Å². The second-order valence-electron chi connectivity index (χ2n) is 8.66. The minimum absolute atomic E-state index is 0. The van der Waals surface area contributed by atoms with Crippen LogP contribution in [0, 0.1) is 30.4 Å². The van der Waals surface area contributed by atoms with Crippen LogP contribution in [0.5, 0.6) is 0 Å². The Bertz CT molecular complexity index is 945. The second-order valence-corrected chi connectivity index (χ2v) is 10.2. The number of halogens is 2. The summed E-state index contributed by atoms with van der Waals surface area (Å²) in [6.45, 7) is 2.39. The first-order chi connectivity index (χ1) is 19.8. The molecule has 43 heavy (non-hydrogen) atoms.